The molecular weight excluding hydrogens is 212 g/mol. The third kappa shape index (κ3) is 2.67. The number of hydrogen-bond acceptors (Lipinski definition) is 3. The summed E-state index contributed by atoms with van der Waals surface area (Å²) >= 11 is 0. The number of nitrogens with two attached hydrogens (primary N) is 1. The van der Waals surface area contributed by atoms with E-state index in [0.29, 0.717) is 6.04 Å². The Hall–Kier alpha value is -0.120. The topological polar surface area (TPSA) is 38.5 Å². The third-order valence-corrected chi connectivity index (χ3v) is 4.97. The molecule has 17 heavy (non-hydrogen) atoms. The Labute approximate surface area is 105 Å². The van der Waals surface area contributed by atoms with E-state index in [1.54, 1.807) is 0 Å². The first-order chi connectivity index (χ1) is 8.33. The average molecular weight is 238 g/mol. The minimum atomic E-state index is 0.469. The first kappa shape index (κ1) is 11.9. The molecule has 3 aliphatic heterocycles. The molecule has 2 atom stereocenters. The summed E-state index contributed by atoms with van der Waals surface area (Å²) in [5, 5.41) is 0. The highest BCUT2D eigenvalue weighted by atomic mass is 16.5. The van der Waals surface area contributed by atoms with Crippen molar-refractivity contribution in [1.82, 2.24) is 4.90 Å². The molecule has 3 aliphatic rings. The van der Waals surface area contributed by atoms with Crippen molar-refractivity contribution in [3.8, 4) is 0 Å². The Balaban J connectivity index is 1.61. The summed E-state index contributed by atoms with van der Waals surface area (Å²) in [5.74, 6) is 0.876. The molecule has 0 spiro atoms. The highest BCUT2D eigenvalue weighted by Crippen LogP contribution is 2.34. The molecule has 0 aliphatic carbocycles. The van der Waals surface area contributed by atoms with Crippen LogP contribution in [0.3, 0.4) is 0 Å². The van der Waals surface area contributed by atoms with Crippen LogP contribution in [0.2, 0.25) is 0 Å². The van der Waals surface area contributed by atoms with Crippen molar-refractivity contribution >= 4 is 0 Å². The summed E-state index contributed by atoms with van der Waals surface area (Å²) in [6.45, 7) is 3.27. The van der Waals surface area contributed by atoms with Gasteiger partial charge in [-0.3, -0.25) is 4.90 Å². The summed E-state index contributed by atoms with van der Waals surface area (Å²) < 4.78 is 5.46. The molecule has 0 radical (unpaired) electrons. The molecule has 0 saturated carbocycles. The van der Waals surface area contributed by atoms with E-state index < -0.39 is 0 Å². The lowest BCUT2D eigenvalue weighted by atomic mass is 9.81. The van der Waals surface area contributed by atoms with Crippen molar-refractivity contribution in [1.29, 1.82) is 0 Å². The zero-order valence-corrected chi connectivity index (χ0v) is 10.8. The van der Waals surface area contributed by atoms with Gasteiger partial charge < -0.3 is 10.5 Å². The maximum Gasteiger partial charge on any atom is 0.0469 e. The smallest absolute Gasteiger partial charge is 0.0469 e. The Bertz CT molecular complexity index is 239. The molecule has 0 aromatic rings. The van der Waals surface area contributed by atoms with E-state index in [2.05, 4.69) is 4.90 Å². The second-order valence-electron chi connectivity index (χ2n) is 6.22. The lowest BCUT2D eigenvalue weighted by molar-refractivity contribution is -0.00662. The second kappa shape index (κ2) is 5.25. The number of hydrogen-bond donors (Lipinski definition) is 1. The van der Waals surface area contributed by atoms with Crippen molar-refractivity contribution < 1.29 is 4.74 Å². The molecule has 3 fully saturated rings. The van der Waals surface area contributed by atoms with Gasteiger partial charge in [0.15, 0.2) is 0 Å². The summed E-state index contributed by atoms with van der Waals surface area (Å²) in [6.07, 6.45) is 9.19. The van der Waals surface area contributed by atoms with Gasteiger partial charge in [0.1, 0.15) is 0 Å². The van der Waals surface area contributed by atoms with Crippen LogP contribution in [-0.4, -0.2) is 42.8 Å². The highest BCUT2D eigenvalue weighted by Gasteiger charge is 2.37. The standard InChI is InChI=1S/C14H26N2O/c15-12-8-13-2-1-3-14(9-12)16(13)10-11-4-6-17-7-5-11/h11-14H,1-10,15H2. The van der Waals surface area contributed by atoms with Crippen molar-refractivity contribution in [2.75, 3.05) is 19.8 Å². The Kier molecular flexibility index (Phi) is 3.69. The fraction of sp³-hybridized carbons (Fsp3) is 1.00. The minimum Gasteiger partial charge on any atom is -0.381 e. The predicted molar refractivity (Wildman–Crippen MR) is 68.9 cm³/mol. The van der Waals surface area contributed by atoms with Crippen molar-refractivity contribution in [3.63, 3.8) is 0 Å². The number of ether oxygens (including phenoxy) is 1. The fourth-order valence-electron chi connectivity index (χ4n) is 4.05. The van der Waals surface area contributed by atoms with Crippen LogP contribution in [0.4, 0.5) is 0 Å². The number of fused-ring (bicyclic) bond motifs is 2. The molecule has 2 bridgehead atoms. The lowest BCUT2D eigenvalue weighted by Crippen LogP contribution is -2.56. The van der Waals surface area contributed by atoms with Gasteiger partial charge >= 0.3 is 0 Å². The third-order valence-electron chi connectivity index (χ3n) is 4.97. The Morgan fingerprint density at radius 3 is 2.29 bits per heavy atom. The van der Waals surface area contributed by atoms with Crippen molar-refractivity contribution in [2.45, 2.75) is 63.1 Å². The van der Waals surface area contributed by atoms with Crippen LogP contribution in [0.1, 0.15) is 44.9 Å². The van der Waals surface area contributed by atoms with Gasteiger partial charge in [-0.2, -0.15) is 0 Å². The van der Waals surface area contributed by atoms with Gasteiger partial charge in [0.2, 0.25) is 0 Å². The Morgan fingerprint density at radius 1 is 1.00 bits per heavy atom. The zero-order valence-electron chi connectivity index (χ0n) is 10.8. The summed E-state index contributed by atoms with van der Waals surface area (Å²) in [4.78, 5) is 2.81. The van der Waals surface area contributed by atoms with Crippen LogP contribution in [0.5, 0.6) is 0 Å². The second-order valence-corrected chi connectivity index (χ2v) is 6.22. The number of rotatable bonds is 2. The van der Waals surface area contributed by atoms with Gasteiger partial charge in [0, 0.05) is 37.9 Å². The van der Waals surface area contributed by atoms with E-state index in [4.69, 9.17) is 10.5 Å². The minimum absolute atomic E-state index is 0.469. The van der Waals surface area contributed by atoms with Crippen LogP contribution in [0.25, 0.3) is 0 Å². The SMILES string of the molecule is NC1CC2CCCC(C1)N2CC1CCOCC1. The monoisotopic (exact) mass is 238 g/mol. The molecule has 98 valence electrons. The van der Waals surface area contributed by atoms with Crippen LogP contribution in [0.15, 0.2) is 0 Å². The Morgan fingerprint density at radius 2 is 1.65 bits per heavy atom. The molecule has 3 nitrogen and oxygen atoms in total. The van der Waals surface area contributed by atoms with Gasteiger partial charge in [-0.1, -0.05) is 6.42 Å². The molecule has 3 saturated heterocycles. The number of nitrogens with zero attached hydrogens (tertiary/aromatic N) is 1. The van der Waals surface area contributed by atoms with Gasteiger partial charge in [-0.05, 0) is 44.4 Å². The van der Waals surface area contributed by atoms with E-state index in [1.165, 1.54) is 51.5 Å². The maximum absolute atomic E-state index is 6.17. The van der Waals surface area contributed by atoms with Crippen LogP contribution in [0, 0.1) is 5.92 Å². The van der Waals surface area contributed by atoms with E-state index >= 15 is 0 Å². The first-order valence-electron chi connectivity index (χ1n) is 7.42. The van der Waals surface area contributed by atoms with Crippen molar-refractivity contribution in [2.24, 2.45) is 11.7 Å². The zero-order chi connectivity index (χ0) is 11.7. The molecule has 0 aromatic carbocycles. The first-order valence-corrected chi connectivity index (χ1v) is 7.42. The molecule has 3 heterocycles. The molecule has 2 N–H and O–H groups in total. The average Bonchev–Trinajstić information content (AvgIpc) is 2.32. The normalized spacial score (nSPS) is 40.4. The van der Waals surface area contributed by atoms with Gasteiger partial charge in [0.05, 0.1) is 0 Å². The van der Waals surface area contributed by atoms with E-state index in [9.17, 15) is 0 Å². The number of piperidine rings is 2. The molecule has 2 unspecified atom stereocenters. The fourth-order valence-corrected chi connectivity index (χ4v) is 4.05. The highest BCUT2D eigenvalue weighted by molar-refractivity contribution is 4.94. The molecular formula is C14H26N2O. The maximum atomic E-state index is 6.17. The molecule has 3 heteroatoms. The quantitative estimate of drug-likeness (QED) is 0.796. The molecule has 0 aromatic heterocycles. The van der Waals surface area contributed by atoms with Crippen LogP contribution in [-0.2, 0) is 4.74 Å². The molecule has 3 rings (SSSR count). The van der Waals surface area contributed by atoms with E-state index in [-0.39, 0.29) is 0 Å². The largest absolute Gasteiger partial charge is 0.381 e. The van der Waals surface area contributed by atoms with Gasteiger partial charge in [-0.15, -0.1) is 0 Å². The van der Waals surface area contributed by atoms with E-state index in [1.807, 2.05) is 0 Å². The summed E-state index contributed by atoms with van der Waals surface area (Å²) in [7, 11) is 0. The van der Waals surface area contributed by atoms with Gasteiger partial charge in [0.25, 0.3) is 0 Å². The van der Waals surface area contributed by atoms with Crippen LogP contribution >= 0.6 is 0 Å². The van der Waals surface area contributed by atoms with Gasteiger partial charge in [-0.25, -0.2) is 0 Å². The lowest BCUT2D eigenvalue weighted by Gasteiger charge is -2.49. The van der Waals surface area contributed by atoms with Crippen molar-refractivity contribution in [3.05, 3.63) is 0 Å². The van der Waals surface area contributed by atoms with Crippen LogP contribution < -0.4 is 5.73 Å². The summed E-state index contributed by atoms with van der Waals surface area (Å²) in [6, 6.07) is 2.05. The summed E-state index contributed by atoms with van der Waals surface area (Å²) in [5.41, 5.74) is 6.17. The molecule has 0 amide bonds. The predicted octanol–water partition coefficient (Wildman–Crippen LogP) is 1.76. The van der Waals surface area contributed by atoms with E-state index in [0.717, 1.165) is 31.2 Å².